The molecule has 0 amide bonds. The molecule has 2 fully saturated rings. The van der Waals surface area contributed by atoms with Gasteiger partial charge in [0.15, 0.2) is 14.1 Å². The van der Waals surface area contributed by atoms with E-state index < -0.39 is 14.1 Å². The molecule has 0 unspecified atom stereocenters. The van der Waals surface area contributed by atoms with Crippen LogP contribution in [0, 0.1) is 0 Å². The summed E-state index contributed by atoms with van der Waals surface area (Å²) in [5.74, 6) is -0.544. The third-order valence-electron chi connectivity index (χ3n) is 5.33. The van der Waals surface area contributed by atoms with Crippen LogP contribution in [-0.2, 0) is 18.6 Å². The molecular formula is C18H34O4Si. The van der Waals surface area contributed by atoms with Crippen LogP contribution < -0.4 is 0 Å². The summed E-state index contributed by atoms with van der Waals surface area (Å²) in [7, 11) is -1.86. The van der Waals surface area contributed by atoms with E-state index in [0.29, 0.717) is 6.61 Å². The van der Waals surface area contributed by atoms with Gasteiger partial charge in [0.05, 0.1) is 24.9 Å². The van der Waals surface area contributed by atoms with Gasteiger partial charge in [-0.1, -0.05) is 26.8 Å². The minimum Gasteiger partial charge on any atom is -0.411 e. The summed E-state index contributed by atoms with van der Waals surface area (Å²) in [5, 5.41) is 0.179. The highest BCUT2D eigenvalue weighted by Gasteiger charge is 2.48. The van der Waals surface area contributed by atoms with Crippen molar-refractivity contribution in [1.82, 2.24) is 0 Å². The van der Waals surface area contributed by atoms with Crippen molar-refractivity contribution in [1.29, 1.82) is 0 Å². The average molecular weight is 343 g/mol. The molecule has 2 saturated heterocycles. The Balaban J connectivity index is 2.13. The first-order chi connectivity index (χ1) is 10.5. The quantitative estimate of drug-likeness (QED) is 0.565. The summed E-state index contributed by atoms with van der Waals surface area (Å²) in [6, 6.07) is 0. The molecule has 0 aromatic carbocycles. The van der Waals surface area contributed by atoms with E-state index in [2.05, 4.69) is 40.4 Å². The SMILES string of the molecule is C=CC[C@@H]1O[C@@H]2COC(C)(C)O[C@H]2C[C@H]1O[Si](C)(C)C(C)(C)C. The average Bonchev–Trinajstić information content (AvgIpc) is 2.37. The van der Waals surface area contributed by atoms with E-state index in [1.54, 1.807) is 0 Å². The number of ether oxygens (including phenoxy) is 3. The molecule has 2 aliphatic rings. The number of rotatable bonds is 4. The van der Waals surface area contributed by atoms with Crippen LogP contribution in [0.5, 0.6) is 0 Å². The summed E-state index contributed by atoms with van der Waals surface area (Å²) in [4.78, 5) is 0. The molecule has 2 rings (SSSR count). The van der Waals surface area contributed by atoms with Crippen LogP contribution >= 0.6 is 0 Å². The Morgan fingerprint density at radius 3 is 2.48 bits per heavy atom. The second-order valence-electron chi connectivity index (χ2n) is 8.76. The molecule has 0 bridgehead atoms. The Hall–Kier alpha value is -0.203. The van der Waals surface area contributed by atoms with Gasteiger partial charge < -0.3 is 18.6 Å². The third kappa shape index (κ3) is 4.45. The van der Waals surface area contributed by atoms with Crippen LogP contribution in [0.4, 0.5) is 0 Å². The summed E-state index contributed by atoms with van der Waals surface area (Å²) < 4.78 is 24.8. The molecule has 0 radical (unpaired) electrons. The Kier molecular flexibility index (Phi) is 5.49. The summed E-state index contributed by atoms with van der Waals surface area (Å²) in [6.07, 6.45) is 3.71. The molecule has 2 heterocycles. The molecule has 0 spiro atoms. The first-order valence-electron chi connectivity index (χ1n) is 8.71. The van der Waals surface area contributed by atoms with Crippen molar-refractivity contribution in [2.24, 2.45) is 0 Å². The van der Waals surface area contributed by atoms with Crippen molar-refractivity contribution in [3.8, 4) is 0 Å². The summed E-state index contributed by atoms with van der Waals surface area (Å²) in [6.45, 7) is 19.8. The van der Waals surface area contributed by atoms with E-state index in [1.165, 1.54) is 0 Å². The van der Waals surface area contributed by atoms with Crippen molar-refractivity contribution in [2.75, 3.05) is 6.61 Å². The van der Waals surface area contributed by atoms with E-state index in [-0.39, 0.29) is 29.5 Å². The van der Waals surface area contributed by atoms with Gasteiger partial charge >= 0.3 is 0 Å². The molecule has 2 aliphatic heterocycles. The predicted octanol–water partition coefficient (Wildman–Crippen LogP) is 4.26. The number of fused-ring (bicyclic) bond motifs is 1. The molecule has 0 N–H and O–H groups in total. The fourth-order valence-electron chi connectivity index (χ4n) is 2.94. The molecule has 134 valence electrons. The fraction of sp³-hybridized carbons (Fsp3) is 0.889. The minimum absolute atomic E-state index is 0.00718. The van der Waals surface area contributed by atoms with Gasteiger partial charge in [0.2, 0.25) is 0 Å². The van der Waals surface area contributed by atoms with Crippen molar-refractivity contribution >= 4 is 8.32 Å². The Bertz CT molecular complexity index is 427. The lowest BCUT2D eigenvalue weighted by atomic mass is 9.95. The number of hydrogen-bond acceptors (Lipinski definition) is 4. The lowest BCUT2D eigenvalue weighted by Crippen LogP contribution is -2.59. The Labute approximate surface area is 142 Å². The number of hydrogen-bond donors (Lipinski definition) is 0. The zero-order valence-corrected chi connectivity index (χ0v) is 16.8. The first kappa shape index (κ1) is 19.1. The van der Waals surface area contributed by atoms with Crippen molar-refractivity contribution in [3.05, 3.63) is 12.7 Å². The van der Waals surface area contributed by atoms with Crippen LogP contribution in [0.3, 0.4) is 0 Å². The molecule has 0 aliphatic carbocycles. The maximum atomic E-state index is 6.67. The summed E-state index contributed by atoms with van der Waals surface area (Å²) in [5.41, 5.74) is 0. The molecule has 0 aromatic rings. The highest BCUT2D eigenvalue weighted by atomic mass is 28.4. The summed E-state index contributed by atoms with van der Waals surface area (Å²) >= 11 is 0. The molecule has 4 atom stereocenters. The highest BCUT2D eigenvalue weighted by molar-refractivity contribution is 6.74. The van der Waals surface area contributed by atoms with Gasteiger partial charge in [-0.25, -0.2) is 0 Å². The molecular weight excluding hydrogens is 308 g/mol. The normalized spacial score (nSPS) is 34.7. The zero-order chi connectivity index (χ0) is 17.5. The van der Waals surface area contributed by atoms with Crippen LogP contribution in [0.1, 0.15) is 47.5 Å². The van der Waals surface area contributed by atoms with Crippen LogP contribution in [-0.4, -0.2) is 45.1 Å². The highest BCUT2D eigenvalue weighted by Crippen LogP contribution is 2.41. The van der Waals surface area contributed by atoms with Crippen molar-refractivity contribution in [3.63, 3.8) is 0 Å². The minimum atomic E-state index is -1.86. The van der Waals surface area contributed by atoms with Gasteiger partial charge in [0.25, 0.3) is 0 Å². The van der Waals surface area contributed by atoms with E-state index in [0.717, 1.165) is 12.8 Å². The van der Waals surface area contributed by atoms with Crippen LogP contribution in [0.25, 0.3) is 0 Å². The van der Waals surface area contributed by atoms with Crippen LogP contribution in [0.2, 0.25) is 18.1 Å². The van der Waals surface area contributed by atoms with Gasteiger partial charge in [0, 0.05) is 6.42 Å². The maximum Gasteiger partial charge on any atom is 0.192 e. The van der Waals surface area contributed by atoms with E-state index in [9.17, 15) is 0 Å². The fourth-order valence-corrected chi connectivity index (χ4v) is 4.29. The van der Waals surface area contributed by atoms with Gasteiger partial charge in [-0.2, -0.15) is 0 Å². The van der Waals surface area contributed by atoms with Gasteiger partial charge in [0.1, 0.15) is 6.10 Å². The standard InChI is InChI=1S/C18H34O4Si/c1-9-10-13-15(22-23(7,8)17(2,3)4)11-14-16(20-13)12-19-18(5,6)21-14/h9,13-16H,1,10-12H2,2-8H3/t13-,14-,15+,16+/m0/s1. The molecule has 4 nitrogen and oxygen atoms in total. The van der Waals surface area contributed by atoms with Crippen molar-refractivity contribution < 1.29 is 18.6 Å². The van der Waals surface area contributed by atoms with Crippen molar-refractivity contribution in [2.45, 2.75) is 95.8 Å². The van der Waals surface area contributed by atoms with Gasteiger partial charge in [-0.05, 0) is 38.4 Å². The molecule has 5 heteroatoms. The third-order valence-corrected chi connectivity index (χ3v) is 9.83. The van der Waals surface area contributed by atoms with Crippen LogP contribution in [0.15, 0.2) is 12.7 Å². The van der Waals surface area contributed by atoms with E-state index >= 15 is 0 Å². The lowest BCUT2D eigenvalue weighted by Gasteiger charge is -2.50. The Morgan fingerprint density at radius 2 is 1.91 bits per heavy atom. The zero-order valence-electron chi connectivity index (χ0n) is 15.8. The first-order valence-corrected chi connectivity index (χ1v) is 11.6. The lowest BCUT2D eigenvalue weighted by molar-refractivity contribution is -0.335. The molecule has 23 heavy (non-hydrogen) atoms. The second-order valence-corrected chi connectivity index (χ2v) is 13.5. The van der Waals surface area contributed by atoms with E-state index in [1.807, 2.05) is 19.9 Å². The van der Waals surface area contributed by atoms with Gasteiger partial charge in [-0.3, -0.25) is 0 Å². The maximum absolute atomic E-state index is 6.67. The monoisotopic (exact) mass is 342 g/mol. The molecule has 0 saturated carbocycles. The topological polar surface area (TPSA) is 36.9 Å². The smallest absolute Gasteiger partial charge is 0.192 e. The Morgan fingerprint density at radius 1 is 1.26 bits per heavy atom. The van der Waals surface area contributed by atoms with E-state index in [4.69, 9.17) is 18.6 Å². The largest absolute Gasteiger partial charge is 0.411 e. The predicted molar refractivity (Wildman–Crippen MR) is 95.1 cm³/mol. The second kappa shape index (κ2) is 6.60. The molecule has 0 aromatic heterocycles. The van der Waals surface area contributed by atoms with Gasteiger partial charge in [-0.15, -0.1) is 6.58 Å².